The first-order valence-corrected chi connectivity index (χ1v) is 5.83. The Labute approximate surface area is 105 Å². The fourth-order valence-electron chi connectivity index (χ4n) is 1.83. The molecule has 1 saturated heterocycles. The van der Waals surface area contributed by atoms with E-state index in [1.807, 2.05) is 0 Å². The van der Waals surface area contributed by atoms with Crippen LogP contribution in [-0.2, 0) is 4.79 Å². The van der Waals surface area contributed by atoms with Gasteiger partial charge in [0.2, 0.25) is 5.91 Å². The van der Waals surface area contributed by atoms with E-state index in [2.05, 4.69) is 16.0 Å². The Balaban J connectivity index is 1.83. The molecule has 96 valence electrons. The minimum absolute atomic E-state index is 0.0243. The number of piperidine rings is 1. The maximum atomic E-state index is 11.7. The monoisotopic (exact) mass is 248 g/mol. The third-order valence-electron chi connectivity index (χ3n) is 2.75. The van der Waals surface area contributed by atoms with Crippen LogP contribution in [0.15, 0.2) is 24.3 Å². The quantitative estimate of drug-likeness (QED) is 0.579. The molecular weight excluding hydrogens is 232 g/mol. The summed E-state index contributed by atoms with van der Waals surface area (Å²) in [5, 5.41) is 8.21. The molecule has 1 fully saturated rings. The number of hydrogen-bond donors (Lipinski definition) is 4. The van der Waals surface area contributed by atoms with Crippen LogP contribution in [0.3, 0.4) is 0 Å². The van der Waals surface area contributed by atoms with Crippen LogP contribution in [-0.4, -0.2) is 24.5 Å². The zero-order valence-corrected chi connectivity index (χ0v) is 9.90. The van der Waals surface area contributed by atoms with Crippen molar-refractivity contribution in [1.82, 2.24) is 10.6 Å². The number of amides is 3. The molecule has 0 bridgehead atoms. The molecule has 6 heteroatoms. The molecule has 1 atom stereocenters. The van der Waals surface area contributed by atoms with Gasteiger partial charge in [0, 0.05) is 30.4 Å². The van der Waals surface area contributed by atoms with Crippen molar-refractivity contribution in [2.24, 2.45) is 0 Å². The minimum atomic E-state index is -0.290. The summed E-state index contributed by atoms with van der Waals surface area (Å²) >= 11 is 0. The maximum Gasteiger partial charge on any atom is 0.319 e. The third kappa shape index (κ3) is 3.38. The highest BCUT2D eigenvalue weighted by Crippen LogP contribution is 2.11. The van der Waals surface area contributed by atoms with E-state index >= 15 is 0 Å². The molecule has 0 saturated carbocycles. The van der Waals surface area contributed by atoms with Gasteiger partial charge in [-0.2, -0.15) is 0 Å². The molecule has 0 spiro atoms. The van der Waals surface area contributed by atoms with Crippen molar-refractivity contribution >= 4 is 23.3 Å². The molecule has 6 nitrogen and oxygen atoms in total. The van der Waals surface area contributed by atoms with Gasteiger partial charge in [-0.1, -0.05) is 6.07 Å². The van der Waals surface area contributed by atoms with Crippen molar-refractivity contribution in [3.63, 3.8) is 0 Å². The van der Waals surface area contributed by atoms with E-state index in [0.29, 0.717) is 30.8 Å². The molecule has 0 aromatic heterocycles. The van der Waals surface area contributed by atoms with E-state index in [1.54, 1.807) is 24.3 Å². The summed E-state index contributed by atoms with van der Waals surface area (Å²) < 4.78 is 0. The van der Waals surface area contributed by atoms with Crippen molar-refractivity contribution in [3.8, 4) is 0 Å². The van der Waals surface area contributed by atoms with E-state index in [1.165, 1.54) is 0 Å². The SMILES string of the molecule is Nc1cccc(NC(=O)NC2CCC(=O)NC2)c1. The number of anilines is 2. The lowest BCUT2D eigenvalue weighted by Gasteiger charge is -2.23. The van der Waals surface area contributed by atoms with Gasteiger partial charge in [0.15, 0.2) is 0 Å². The average Bonchev–Trinajstić information content (AvgIpc) is 2.32. The third-order valence-corrected chi connectivity index (χ3v) is 2.75. The number of nitrogens with two attached hydrogens (primary N) is 1. The molecule has 18 heavy (non-hydrogen) atoms. The summed E-state index contributed by atoms with van der Waals surface area (Å²) in [4.78, 5) is 22.7. The average molecular weight is 248 g/mol. The Morgan fingerprint density at radius 1 is 1.44 bits per heavy atom. The van der Waals surface area contributed by atoms with Gasteiger partial charge in [-0.05, 0) is 24.6 Å². The normalized spacial score (nSPS) is 18.9. The number of nitrogens with one attached hydrogen (secondary N) is 3. The fraction of sp³-hybridized carbons (Fsp3) is 0.333. The predicted molar refractivity (Wildman–Crippen MR) is 69.0 cm³/mol. The highest BCUT2D eigenvalue weighted by atomic mass is 16.2. The summed E-state index contributed by atoms with van der Waals surface area (Å²) in [6.45, 7) is 0.475. The van der Waals surface area contributed by atoms with Crippen LogP contribution in [0.4, 0.5) is 16.2 Å². The Kier molecular flexibility index (Phi) is 3.66. The smallest absolute Gasteiger partial charge is 0.319 e. The van der Waals surface area contributed by atoms with Crippen LogP contribution in [0.2, 0.25) is 0 Å². The summed E-state index contributed by atoms with van der Waals surface area (Å²) in [5.74, 6) is 0.0318. The molecule has 2 rings (SSSR count). The minimum Gasteiger partial charge on any atom is -0.399 e. The number of carbonyl (C=O) groups excluding carboxylic acids is 2. The number of nitrogen functional groups attached to an aromatic ring is 1. The molecule has 1 aromatic rings. The fourth-order valence-corrected chi connectivity index (χ4v) is 1.83. The summed E-state index contributed by atoms with van der Waals surface area (Å²) in [7, 11) is 0. The summed E-state index contributed by atoms with van der Waals surface area (Å²) in [6.07, 6.45) is 1.11. The van der Waals surface area contributed by atoms with Crippen LogP contribution < -0.4 is 21.7 Å². The number of benzene rings is 1. The van der Waals surface area contributed by atoms with Crippen molar-refractivity contribution in [2.45, 2.75) is 18.9 Å². The second-order valence-corrected chi connectivity index (χ2v) is 4.26. The molecule has 1 heterocycles. The van der Waals surface area contributed by atoms with Crippen LogP contribution in [0, 0.1) is 0 Å². The van der Waals surface area contributed by atoms with Gasteiger partial charge in [-0.25, -0.2) is 4.79 Å². The van der Waals surface area contributed by atoms with Crippen LogP contribution >= 0.6 is 0 Å². The molecule has 3 amide bonds. The second kappa shape index (κ2) is 5.39. The Hall–Kier alpha value is -2.24. The van der Waals surface area contributed by atoms with E-state index in [4.69, 9.17) is 5.73 Å². The summed E-state index contributed by atoms with van der Waals surface area (Å²) in [6, 6.07) is 6.65. The Morgan fingerprint density at radius 2 is 2.28 bits per heavy atom. The molecule has 1 aromatic carbocycles. The standard InChI is InChI=1S/C12H16N4O2/c13-8-2-1-3-9(6-8)15-12(18)16-10-4-5-11(17)14-7-10/h1-3,6,10H,4-5,7,13H2,(H,14,17)(H2,15,16,18). The Morgan fingerprint density at radius 3 is 2.94 bits per heavy atom. The molecule has 1 aliphatic rings. The van der Waals surface area contributed by atoms with E-state index in [9.17, 15) is 9.59 Å². The molecule has 5 N–H and O–H groups in total. The van der Waals surface area contributed by atoms with Crippen molar-refractivity contribution < 1.29 is 9.59 Å². The number of rotatable bonds is 2. The first-order chi connectivity index (χ1) is 8.63. The van der Waals surface area contributed by atoms with Crippen molar-refractivity contribution in [3.05, 3.63) is 24.3 Å². The zero-order valence-electron chi connectivity index (χ0n) is 9.90. The van der Waals surface area contributed by atoms with Crippen LogP contribution in [0.25, 0.3) is 0 Å². The molecule has 1 unspecified atom stereocenters. The van der Waals surface area contributed by atoms with Gasteiger partial charge < -0.3 is 21.7 Å². The van der Waals surface area contributed by atoms with Gasteiger partial charge in [0.25, 0.3) is 0 Å². The van der Waals surface area contributed by atoms with Gasteiger partial charge in [-0.15, -0.1) is 0 Å². The summed E-state index contributed by atoms with van der Waals surface area (Å²) in [5.41, 5.74) is 6.86. The number of urea groups is 1. The number of carbonyl (C=O) groups is 2. The lowest BCUT2D eigenvalue weighted by atomic mass is 10.1. The van der Waals surface area contributed by atoms with Gasteiger partial charge in [-0.3, -0.25) is 4.79 Å². The first-order valence-electron chi connectivity index (χ1n) is 5.83. The molecule has 1 aliphatic heterocycles. The Bertz CT molecular complexity index is 451. The largest absolute Gasteiger partial charge is 0.399 e. The van der Waals surface area contributed by atoms with Crippen molar-refractivity contribution in [2.75, 3.05) is 17.6 Å². The second-order valence-electron chi connectivity index (χ2n) is 4.26. The molecular formula is C12H16N4O2. The topological polar surface area (TPSA) is 96.2 Å². The zero-order chi connectivity index (χ0) is 13.0. The van der Waals surface area contributed by atoms with Gasteiger partial charge >= 0.3 is 6.03 Å². The lowest BCUT2D eigenvalue weighted by Crippen LogP contribution is -2.48. The lowest BCUT2D eigenvalue weighted by molar-refractivity contribution is -0.122. The van der Waals surface area contributed by atoms with Crippen LogP contribution in [0.5, 0.6) is 0 Å². The molecule has 0 radical (unpaired) electrons. The van der Waals surface area contributed by atoms with E-state index < -0.39 is 0 Å². The number of hydrogen-bond acceptors (Lipinski definition) is 3. The van der Waals surface area contributed by atoms with Gasteiger partial charge in [0.1, 0.15) is 0 Å². The predicted octanol–water partition coefficient (Wildman–Crippen LogP) is 0.669. The van der Waals surface area contributed by atoms with E-state index in [0.717, 1.165) is 0 Å². The van der Waals surface area contributed by atoms with E-state index in [-0.39, 0.29) is 18.0 Å². The molecule has 0 aliphatic carbocycles. The maximum absolute atomic E-state index is 11.7. The van der Waals surface area contributed by atoms with Gasteiger partial charge in [0.05, 0.1) is 0 Å². The highest BCUT2D eigenvalue weighted by Gasteiger charge is 2.19. The van der Waals surface area contributed by atoms with Crippen LogP contribution in [0.1, 0.15) is 12.8 Å². The first kappa shape index (κ1) is 12.2. The highest BCUT2D eigenvalue weighted by molar-refractivity contribution is 5.90. The van der Waals surface area contributed by atoms with Crippen molar-refractivity contribution in [1.29, 1.82) is 0 Å².